The second-order valence-electron chi connectivity index (χ2n) is 8.25. The van der Waals surface area contributed by atoms with Crippen LogP contribution in [-0.2, 0) is 9.59 Å². The van der Waals surface area contributed by atoms with E-state index >= 15 is 0 Å². The fourth-order valence-corrected chi connectivity index (χ4v) is 3.51. The molecule has 0 aromatic rings. The lowest BCUT2D eigenvalue weighted by Gasteiger charge is -2.25. The van der Waals surface area contributed by atoms with Crippen molar-refractivity contribution in [3.8, 4) is 0 Å². The SMILES string of the molecule is CC1=C(C)C(=O)C(CC[C@@](C)(O)CCCCCCCCC(F)(F)F)=C(C)C1=O. The Morgan fingerprint density at radius 1 is 0.714 bits per heavy atom. The molecule has 0 spiro atoms. The lowest BCUT2D eigenvalue weighted by Crippen LogP contribution is -2.26. The molecular weight excluding hydrogens is 369 g/mol. The molecule has 0 fully saturated rings. The molecule has 1 atom stereocenters. The molecule has 0 aromatic carbocycles. The molecule has 28 heavy (non-hydrogen) atoms. The average molecular weight is 402 g/mol. The van der Waals surface area contributed by atoms with Crippen LogP contribution in [-0.4, -0.2) is 28.5 Å². The Labute approximate surface area is 166 Å². The van der Waals surface area contributed by atoms with Crippen LogP contribution < -0.4 is 0 Å². The fourth-order valence-electron chi connectivity index (χ4n) is 3.51. The van der Waals surface area contributed by atoms with Gasteiger partial charge in [-0.25, -0.2) is 0 Å². The molecule has 6 heteroatoms. The molecule has 0 radical (unpaired) electrons. The second-order valence-corrected chi connectivity index (χ2v) is 8.25. The first-order chi connectivity index (χ1) is 12.9. The van der Waals surface area contributed by atoms with Gasteiger partial charge in [-0.15, -0.1) is 0 Å². The van der Waals surface area contributed by atoms with E-state index in [-0.39, 0.29) is 18.0 Å². The van der Waals surface area contributed by atoms with E-state index in [0.717, 1.165) is 25.7 Å². The van der Waals surface area contributed by atoms with Gasteiger partial charge in [0.05, 0.1) is 5.60 Å². The number of halogens is 3. The summed E-state index contributed by atoms with van der Waals surface area (Å²) in [7, 11) is 0. The maximum atomic E-state index is 12.4. The Bertz CT molecular complexity index is 640. The topological polar surface area (TPSA) is 54.4 Å². The first-order valence-corrected chi connectivity index (χ1v) is 10.1. The number of hydrogen-bond acceptors (Lipinski definition) is 3. The largest absolute Gasteiger partial charge is 0.390 e. The number of aliphatic hydroxyl groups is 1. The van der Waals surface area contributed by atoms with Crippen molar-refractivity contribution in [3.05, 3.63) is 22.3 Å². The molecule has 0 heterocycles. The summed E-state index contributed by atoms with van der Waals surface area (Å²) in [6.07, 6.45) is 0.579. The molecule has 0 unspecified atom stereocenters. The van der Waals surface area contributed by atoms with Crippen LogP contribution in [0.1, 0.15) is 91.9 Å². The number of allylic oxidation sites excluding steroid dienone is 4. The highest BCUT2D eigenvalue weighted by atomic mass is 19.4. The van der Waals surface area contributed by atoms with Crippen LogP contribution >= 0.6 is 0 Å². The molecule has 0 aliphatic heterocycles. The van der Waals surface area contributed by atoms with Gasteiger partial charge in [-0.1, -0.05) is 32.1 Å². The summed E-state index contributed by atoms with van der Waals surface area (Å²) in [5.41, 5.74) is 1.02. The van der Waals surface area contributed by atoms with E-state index in [0.29, 0.717) is 48.0 Å². The maximum Gasteiger partial charge on any atom is 0.389 e. The van der Waals surface area contributed by atoms with E-state index < -0.39 is 18.2 Å². The maximum absolute atomic E-state index is 12.4. The smallest absolute Gasteiger partial charge is 0.389 e. The van der Waals surface area contributed by atoms with Crippen molar-refractivity contribution >= 4 is 11.6 Å². The molecule has 3 nitrogen and oxygen atoms in total. The first-order valence-electron chi connectivity index (χ1n) is 10.1. The molecule has 1 rings (SSSR count). The Balaban J connectivity index is 2.33. The molecule has 160 valence electrons. The minimum atomic E-state index is -4.07. The second kappa shape index (κ2) is 10.4. The number of alkyl halides is 3. The van der Waals surface area contributed by atoms with Crippen molar-refractivity contribution < 1.29 is 27.9 Å². The Hall–Kier alpha value is -1.43. The minimum absolute atomic E-state index is 0.0998. The van der Waals surface area contributed by atoms with Gasteiger partial charge in [-0.3, -0.25) is 9.59 Å². The van der Waals surface area contributed by atoms with Crippen LogP contribution in [0.5, 0.6) is 0 Å². The summed E-state index contributed by atoms with van der Waals surface area (Å²) in [6.45, 7) is 6.72. The monoisotopic (exact) mass is 402 g/mol. The highest BCUT2D eigenvalue weighted by molar-refractivity contribution is 6.24. The Morgan fingerprint density at radius 3 is 1.71 bits per heavy atom. The molecule has 0 saturated carbocycles. The van der Waals surface area contributed by atoms with Crippen molar-refractivity contribution in [1.29, 1.82) is 0 Å². The van der Waals surface area contributed by atoms with Gasteiger partial charge < -0.3 is 5.11 Å². The average Bonchev–Trinajstić information content (AvgIpc) is 2.59. The summed E-state index contributed by atoms with van der Waals surface area (Å²) >= 11 is 0. The number of Topliss-reactive ketones (excluding diaryl/α,β-unsaturated/α-hetero) is 2. The number of unbranched alkanes of at least 4 members (excludes halogenated alkanes) is 5. The van der Waals surface area contributed by atoms with Crippen LogP contribution in [0.2, 0.25) is 0 Å². The highest BCUT2D eigenvalue weighted by Crippen LogP contribution is 2.30. The van der Waals surface area contributed by atoms with Crippen LogP contribution in [0.4, 0.5) is 13.2 Å². The first kappa shape index (κ1) is 24.6. The van der Waals surface area contributed by atoms with Crippen LogP contribution in [0.15, 0.2) is 22.3 Å². The van der Waals surface area contributed by atoms with E-state index in [2.05, 4.69) is 0 Å². The number of carbonyl (C=O) groups is 2. The van der Waals surface area contributed by atoms with Gasteiger partial charge in [0.15, 0.2) is 11.6 Å². The van der Waals surface area contributed by atoms with Gasteiger partial charge in [0.1, 0.15) is 0 Å². The summed E-state index contributed by atoms with van der Waals surface area (Å²) in [5.74, 6) is -0.207. The van der Waals surface area contributed by atoms with E-state index in [9.17, 15) is 27.9 Å². The van der Waals surface area contributed by atoms with Crippen LogP contribution in [0.25, 0.3) is 0 Å². The zero-order valence-electron chi connectivity index (χ0n) is 17.5. The zero-order chi connectivity index (χ0) is 21.5. The molecular formula is C22H33F3O3. The van der Waals surface area contributed by atoms with E-state index in [1.165, 1.54) is 0 Å². The molecule has 1 N–H and O–H groups in total. The van der Waals surface area contributed by atoms with Crippen molar-refractivity contribution in [3.63, 3.8) is 0 Å². The summed E-state index contributed by atoms with van der Waals surface area (Å²) < 4.78 is 36.2. The third kappa shape index (κ3) is 7.90. The van der Waals surface area contributed by atoms with Crippen molar-refractivity contribution in [1.82, 2.24) is 0 Å². The molecule has 0 bridgehead atoms. The predicted octanol–water partition coefficient (Wildman–Crippen LogP) is 6.01. The zero-order valence-corrected chi connectivity index (χ0v) is 17.5. The lowest BCUT2D eigenvalue weighted by molar-refractivity contribution is -0.135. The van der Waals surface area contributed by atoms with Gasteiger partial charge >= 0.3 is 6.18 Å². The molecule has 0 saturated heterocycles. The third-order valence-electron chi connectivity index (χ3n) is 5.65. The van der Waals surface area contributed by atoms with Gasteiger partial charge in [0.25, 0.3) is 0 Å². The number of rotatable bonds is 11. The van der Waals surface area contributed by atoms with Gasteiger partial charge in [0.2, 0.25) is 0 Å². The fraction of sp³-hybridized carbons (Fsp3) is 0.727. The minimum Gasteiger partial charge on any atom is -0.390 e. The number of carbonyl (C=O) groups excluding carboxylic acids is 2. The third-order valence-corrected chi connectivity index (χ3v) is 5.65. The van der Waals surface area contributed by atoms with Crippen molar-refractivity contribution in [2.75, 3.05) is 0 Å². The van der Waals surface area contributed by atoms with E-state index in [4.69, 9.17) is 0 Å². The number of ketones is 2. The summed E-state index contributed by atoms with van der Waals surface area (Å²) in [6, 6.07) is 0. The predicted molar refractivity (Wildman–Crippen MR) is 104 cm³/mol. The van der Waals surface area contributed by atoms with E-state index in [1.807, 2.05) is 0 Å². The quantitative estimate of drug-likeness (QED) is 0.340. The van der Waals surface area contributed by atoms with Gasteiger partial charge in [-0.05, 0) is 53.4 Å². The Morgan fingerprint density at radius 2 is 1.18 bits per heavy atom. The highest BCUT2D eigenvalue weighted by Gasteiger charge is 2.29. The normalized spacial score (nSPS) is 18.1. The van der Waals surface area contributed by atoms with E-state index in [1.54, 1.807) is 27.7 Å². The van der Waals surface area contributed by atoms with Crippen LogP contribution in [0.3, 0.4) is 0 Å². The molecule has 1 aliphatic carbocycles. The van der Waals surface area contributed by atoms with Crippen LogP contribution in [0, 0.1) is 0 Å². The summed E-state index contributed by atoms with van der Waals surface area (Å²) in [4.78, 5) is 24.6. The molecule has 0 aromatic heterocycles. The standard InChI is InChI=1S/C22H33F3O3/c1-15-16(2)20(27)18(17(3)19(15)26)11-14-21(4,28)12-9-7-5-6-8-10-13-22(23,24)25/h28H,5-14H2,1-4H3/t21-/m0/s1. The lowest BCUT2D eigenvalue weighted by atomic mass is 9.81. The molecule has 0 amide bonds. The van der Waals surface area contributed by atoms with Gasteiger partial charge in [0, 0.05) is 28.7 Å². The Kier molecular flexibility index (Phi) is 9.12. The van der Waals surface area contributed by atoms with Crippen molar-refractivity contribution in [2.24, 2.45) is 0 Å². The molecule has 1 aliphatic rings. The number of hydrogen-bond donors (Lipinski definition) is 1. The van der Waals surface area contributed by atoms with Crippen molar-refractivity contribution in [2.45, 2.75) is 104 Å². The summed E-state index contributed by atoms with van der Waals surface area (Å²) in [5, 5.41) is 10.6. The van der Waals surface area contributed by atoms with Gasteiger partial charge in [-0.2, -0.15) is 13.2 Å².